The van der Waals surface area contributed by atoms with Crippen LogP contribution in [0, 0.1) is 0 Å². The van der Waals surface area contributed by atoms with E-state index in [9.17, 15) is 4.79 Å². The van der Waals surface area contributed by atoms with Crippen molar-refractivity contribution in [2.45, 2.75) is 32.9 Å². The van der Waals surface area contributed by atoms with Crippen LogP contribution in [0.1, 0.15) is 24.7 Å². The molecule has 0 atom stereocenters. The minimum absolute atomic E-state index is 0.0377. The Hall–Kier alpha value is -1.81. The van der Waals surface area contributed by atoms with Crippen molar-refractivity contribution in [1.82, 2.24) is 14.9 Å². The Balaban J connectivity index is 1.77. The number of hydrogen-bond donors (Lipinski definition) is 1. The van der Waals surface area contributed by atoms with Gasteiger partial charge in [0.15, 0.2) is 0 Å². The summed E-state index contributed by atoms with van der Waals surface area (Å²) in [6, 6.07) is 7.46. The van der Waals surface area contributed by atoms with Gasteiger partial charge in [-0.25, -0.2) is 4.98 Å². The number of nitrogens with zero attached hydrogens (tertiary/aromatic N) is 2. The lowest BCUT2D eigenvalue weighted by Gasteiger charge is -2.08. The number of benzene rings is 1. The first-order chi connectivity index (χ1) is 9.69. The van der Waals surface area contributed by atoms with E-state index >= 15 is 0 Å². The molecule has 0 radical (unpaired) electrons. The Morgan fingerprint density at radius 1 is 1.35 bits per heavy atom. The molecule has 0 aliphatic rings. The minimum Gasteiger partial charge on any atom is -0.352 e. The summed E-state index contributed by atoms with van der Waals surface area (Å²) >= 11 is 5.81. The van der Waals surface area contributed by atoms with Crippen LogP contribution in [-0.2, 0) is 24.3 Å². The van der Waals surface area contributed by atoms with Crippen LogP contribution in [0.4, 0.5) is 0 Å². The molecule has 5 heteroatoms. The predicted molar refractivity (Wildman–Crippen MR) is 79.5 cm³/mol. The Labute approximate surface area is 123 Å². The van der Waals surface area contributed by atoms with Crippen molar-refractivity contribution in [3.63, 3.8) is 0 Å². The number of hydrogen-bond acceptors (Lipinski definition) is 2. The molecular weight excluding hydrogens is 274 g/mol. The highest BCUT2D eigenvalue weighted by atomic mass is 35.5. The highest BCUT2D eigenvalue weighted by molar-refractivity contribution is 6.30. The van der Waals surface area contributed by atoms with Gasteiger partial charge in [-0.1, -0.05) is 30.7 Å². The van der Waals surface area contributed by atoms with Crippen molar-refractivity contribution in [2.24, 2.45) is 0 Å². The van der Waals surface area contributed by atoms with Gasteiger partial charge >= 0.3 is 0 Å². The number of carbonyl (C=O) groups excluding carboxylic acids is 1. The van der Waals surface area contributed by atoms with Gasteiger partial charge in [0.05, 0.1) is 0 Å². The lowest BCUT2D eigenvalue weighted by atomic mass is 10.2. The molecule has 1 aromatic carbocycles. The number of rotatable bonds is 6. The fourth-order valence-corrected chi connectivity index (χ4v) is 2.10. The number of aryl methyl sites for hydroxylation is 2. The second-order valence-corrected chi connectivity index (χ2v) is 4.98. The van der Waals surface area contributed by atoms with E-state index in [0.29, 0.717) is 24.5 Å². The summed E-state index contributed by atoms with van der Waals surface area (Å²) in [6.07, 6.45) is 5.01. The molecule has 0 aliphatic carbocycles. The van der Waals surface area contributed by atoms with Crippen LogP contribution in [0.15, 0.2) is 36.7 Å². The third kappa shape index (κ3) is 4.10. The zero-order valence-corrected chi connectivity index (χ0v) is 12.2. The summed E-state index contributed by atoms with van der Waals surface area (Å²) in [4.78, 5) is 16.0. The number of imidazole rings is 1. The Morgan fingerprint density at radius 2 is 2.10 bits per heavy atom. The molecule has 106 valence electrons. The summed E-state index contributed by atoms with van der Waals surface area (Å²) in [5.41, 5.74) is 1.04. The van der Waals surface area contributed by atoms with Gasteiger partial charge in [-0.2, -0.15) is 0 Å². The van der Waals surface area contributed by atoms with Crippen molar-refractivity contribution < 1.29 is 4.79 Å². The first-order valence-electron chi connectivity index (χ1n) is 6.70. The lowest BCUT2D eigenvalue weighted by Crippen LogP contribution is -2.24. The predicted octanol–water partition coefficient (Wildman–Crippen LogP) is 2.81. The Kier molecular flexibility index (Phi) is 5.18. The molecule has 4 nitrogen and oxygen atoms in total. The van der Waals surface area contributed by atoms with E-state index < -0.39 is 0 Å². The standard InChI is InChI=1S/C15H18ClN3O/c1-2-14-17-8-10-19(14)9-7-15(20)18-11-12-3-5-13(16)6-4-12/h3-6,8,10H,2,7,9,11H2,1H3,(H,18,20). The molecule has 0 fully saturated rings. The van der Waals surface area contributed by atoms with Crippen molar-refractivity contribution in [2.75, 3.05) is 0 Å². The maximum Gasteiger partial charge on any atom is 0.222 e. The third-order valence-corrected chi connectivity index (χ3v) is 3.35. The average molecular weight is 292 g/mol. The molecule has 0 aliphatic heterocycles. The largest absolute Gasteiger partial charge is 0.352 e. The smallest absolute Gasteiger partial charge is 0.222 e. The monoisotopic (exact) mass is 291 g/mol. The van der Waals surface area contributed by atoms with Gasteiger partial charge < -0.3 is 9.88 Å². The van der Waals surface area contributed by atoms with Gasteiger partial charge in [0, 0.05) is 43.3 Å². The topological polar surface area (TPSA) is 46.9 Å². The zero-order chi connectivity index (χ0) is 14.4. The minimum atomic E-state index is 0.0377. The van der Waals surface area contributed by atoms with E-state index in [1.165, 1.54) is 0 Å². The Bertz CT molecular complexity index is 563. The van der Waals surface area contributed by atoms with Crippen molar-refractivity contribution in [3.05, 3.63) is 53.1 Å². The van der Waals surface area contributed by atoms with Crippen LogP contribution in [0.2, 0.25) is 5.02 Å². The highest BCUT2D eigenvalue weighted by Crippen LogP contribution is 2.09. The molecule has 0 saturated heterocycles. The molecule has 0 bridgehead atoms. The van der Waals surface area contributed by atoms with Crippen LogP contribution in [0.3, 0.4) is 0 Å². The van der Waals surface area contributed by atoms with Gasteiger partial charge in [-0.05, 0) is 17.7 Å². The van der Waals surface area contributed by atoms with E-state index in [2.05, 4.69) is 17.2 Å². The van der Waals surface area contributed by atoms with Crippen LogP contribution >= 0.6 is 11.6 Å². The SMILES string of the molecule is CCc1nccn1CCC(=O)NCc1ccc(Cl)cc1. The van der Waals surface area contributed by atoms with E-state index in [1.807, 2.05) is 35.0 Å². The molecule has 1 N–H and O–H groups in total. The number of amides is 1. The molecule has 0 saturated carbocycles. The van der Waals surface area contributed by atoms with Crippen LogP contribution in [-0.4, -0.2) is 15.5 Å². The number of nitrogens with one attached hydrogen (secondary N) is 1. The fraction of sp³-hybridized carbons (Fsp3) is 0.333. The molecule has 1 aromatic heterocycles. The quantitative estimate of drug-likeness (QED) is 0.889. The summed E-state index contributed by atoms with van der Waals surface area (Å²) < 4.78 is 2.02. The van der Waals surface area contributed by atoms with Crippen LogP contribution < -0.4 is 5.32 Å². The second kappa shape index (κ2) is 7.10. The maximum atomic E-state index is 11.8. The van der Waals surface area contributed by atoms with Crippen molar-refractivity contribution in [3.8, 4) is 0 Å². The van der Waals surface area contributed by atoms with E-state index in [0.717, 1.165) is 17.8 Å². The highest BCUT2D eigenvalue weighted by Gasteiger charge is 2.04. The summed E-state index contributed by atoms with van der Waals surface area (Å²) in [7, 11) is 0. The molecular formula is C15H18ClN3O. The lowest BCUT2D eigenvalue weighted by molar-refractivity contribution is -0.121. The maximum absolute atomic E-state index is 11.8. The first kappa shape index (κ1) is 14.6. The van der Waals surface area contributed by atoms with Gasteiger partial charge in [-0.15, -0.1) is 0 Å². The molecule has 20 heavy (non-hydrogen) atoms. The Morgan fingerprint density at radius 3 is 2.80 bits per heavy atom. The van der Waals surface area contributed by atoms with Crippen molar-refractivity contribution in [1.29, 1.82) is 0 Å². The molecule has 1 heterocycles. The molecule has 1 amide bonds. The summed E-state index contributed by atoms with van der Waals surface area (Å²) in [5.74, 6) is 1.05. The molecule has 0 unspecified atom stereocenters. The van der Waals surface area contributed by atoms with Gasteiger partial charge in [0.25, 0.3) is 0 Å². The normalized spacial score (nSPS) is 10.5. The first-order valence-corrected chi connectivity index (χ1v) is 7.08. The molecule has 2 aromatic rings. The van der Waals surface area contributed by atoms with Crippen LogP contribution in [0.25, 0.3) is 0 Å². The van der Waals surface area contributed by atoms with Gasteiger partial charge in [0.1, 0.15) is 5.82 Å². The van der Waals surface area contributed by atoms with E-state index in [4.69, 9.17) is 11.6 Å². The zero-order valence-electron chi connectivity index (χ0n) is 11.5. The summed E-state index contributed by atoms with van der Waals surface area (Å²) in [6.45, 7) is 3.25. The van der Waals surface area contributed by atoms with E-state index in [1.54, 1.807) is 6.20 Å². The van der Waals surface area contributed by atoms with Crippen molar-refractivity contribution >= 4 is 17.5 Å². The third-order valence-electron chi connectivity index (χ3n) is 3.10. The molecule has 2 rings (SSSR count). The number of halogens is 1. The van der Waals surface area contributed by atoms with Gasteiger partial charge in [-0.3, -0.25) is 4.79 Å². The van der Waals surface area contributed by atoms with Gasteiger partial charge in [0.2, 0.25) is 5.91 Å². The van der Waals surface area contributed by atoms with E-state index in [-0.39, 0.29) is 5.91 Å². The number of carbonyl (C=O) groups is 1. The number of aromatic nitrogens is 2. The summed E-state index contributed by atoms with van der Waals surface area (Å²) in [5, 5.41) is 3.60. The average Bonchev–Trinajstić information content (AvgIpc) is 2.92. The van der Waals surface area contributed by atoms with Crippen LogP contribution in [0.5, 0.6) is 0 Å². The molecule has 0 spiro atoms. The second-order valence-electron chi connectivity index (χ2n) is 4.54. The fourth-order valence-electron chi connectivity index (χ4n) is 1.97.